The number of pyridine rings is 1. The number of ether oxygens (including phenoxy) is 2. The molecule has 0 saturated carbocycles. The number of nitrogens with one attached hydrogen (secondary N) is 1. The fourth-order valence-electron chi connectivity index (χ4n) is 4.26. The lowest BCUT2D eigenvalue weighted by Crippen LogP contribution is -2.25. The van der Waals surface area contributed by atoms with Gasteiger partial charge in [-0.15, -0.1) is 8.78 Å². The number of carbonyl (C=O) groups is 1. The molecule has 0 saturated heterocycles. The highest BCUT2D eigenvalue weighted by molar-refractivity contribution is 7.86. The van der Waals surface area contributed by atoms with E-state index in [2.05, 4.69) is 19.2 Å². The Labute approximate surface area is 217 Å². The molecule has 0 bridgehead atoms. The monoisotopic (exact) mass is 542 g/mol. The molecule has 1 aromatic heterocycles. The van der Waals surface area contributed by atoms with Crippen molar-refractivity contribution in [1.29, 1.82) is 0 Å². The third kappa shape index (κ3) is 4.65. The largest absolute Gasteiger partial charge is 0.586 e. The summed E-state index contributed by atoms with van der Waals surface area (Å²) in [5, 5.41) is 9.99. The van der Waals surface area contributed by atoms with Crippen LogP contribution in [0.5, 0.6) is 11.5 Å². The molecule has 38 heavy (non-hydrogen) atoms. The molecule has 0 aliphatic carbocycles. The summed E-state index contributed by atoms with van der Waals surface area (Å²) in [4.78, 5) is 16.0. The fourth-order valence-corrected chi connectivity index (χ4v) is 5.15. The van der Waals surface area contributed by atoms with Crippen LogP contribution in [0.15, 0.2) is 65.7 Å². The second-order valence-corrected chi connectivity index (χ2v) is 10.9. The number of halogens is 3. The lowest BCUT2D eigenvalue weighted by atomic mass is 9.87. The number of benzene rings is 3. The fraction of sp³-hybridized carbons (Fsp3) is 0.185. The molecule has 0 fully saturated rings. The van der Waals surface area contributed by atoms with Crippen molar-refractivity contribution in [2.75, 3.05) is 4.72 Å². The number of aromatic nitrogens is 1. The highest BCUT2D eigenvalue weighted by Crippen LogP contribution is 2.47. The van der Waals surface area contributed by atoms with Crippen molar-refractivity contribution >= 4 is 33.5 Å². The summed E-state index contributed by atoms with van der Waals surface area (Å²) < 4.78 is 67.7. The van der Waals surface area contributed by atoms with Crippen molar-refractivity contribution in [2.24, 2.45) is 0 Å². The van der Waals surface area contributed by atoms with Crippen LogP contribution in [0.2, 0.25) is 0 Å². The first-order chi connectivity index (χ1) is 17.8. The molecule has 5 rings (SSSR count). The number of aromatic carboxylic acids is 1. The van der Waals surface area contributed by atoms with Gasteiger partial charge in [-0.05, 0) is 46.9 Å². The van der Waals surface area contributed by atoms with Gasteiger partial charge in [0.2, 0.25) is 0 Å². The molecule has 4 aromatic rings. The maximum absolute atomic E-state index is 14.8. The third-order valence-electron chi connectivity index (χ3n) is 6.00. The first kappa shape index (κ1) is 25.5. The Morgan fingerprint density at radius 3 is 2.39 bits per heavy atom. The van der Waals surface area contributed by atoms with Crippen LogP contribution in [0.25, 0.3) is 22.0 Å². The average molecular weight is 543 g/mol. The van der Waals surface area contributed by atoms with Crippen molar-refractivity contribution in [3.05, 3.63) is 77.7 Å². The van der Waals surface area contributed by atoms with Crippen LogP contribution >= 0.6 is 0 Å². The van der Waals surface area contributed by atoms with Crippen LogP contribution in [0.3, 0.4) is 0 Å². The number of nitrogens with zero attached hydrogens (tertiary/aromatic N) is 1. The van der Waals surface area contributed by atoms with Gasteiger partial charge in [-0.3, -0.25) is 4.98 Å². The first-order valence-corrected chi connectivity index (χ1v) is 12.5. The van der Waals surface area contributed by atoms with Crippen molar-refractivity contribution in [3.8, 4) is 22.6 Å². The van der Waals surface area contributed by atoms with Gasteiger partial charge in [0, 0.05) is 23.2 Å². The molecule has 0 amide bonds. The molecular weight excluding hydrogens is 521 g/mol. The van der Waals surface area contributed by atoms with E-state index in [1.54, 1.807) is 18.2 Å². The number of hydrogen-bond donors (Lipinski definition) is 2. The van der Waals surface area contributed by atoms with E-state index in [1.165, 1.54) is 36.5 Å². The van der Waals surface area contributed by atoms with Crippen LogP contribution in [-0.4, -0.2) is 26.6 Å². The SMILES string of the molecule is CC(C)(C)c1ccc(S(=O)Nc2cc3c(cc2-c2ccc(C(=O)O)c4ncccc24)OC(F)(F)O3)cc1F. The minimum Gasteiger partial charge on any atom is -0.478 e. The molecule has 0 radical (unpaired) electrons. The van der Waals surface area contributed by atoms with Gasteiger partial charge in [-0.25, -0.2) is 13.4 Å². The zero-order valence-electron chi connectivity index (χ0n) is 20.3. The van der Waals surface area contributed by atoms with Gasteiger partial charge in [-0.2, -0.15) is 0 Å². The lowest BCUT2D eigenvalue weighted by Gasteiger charge is -2.20. The van der Waals surface area contributed by atoms with Crippen LogP contribution in [0.4, 0.5) is 18.9 Å². The Balaban J connectivity index is 1.64. The number of anilines is 1. The minimum atomic E-state index is -3.90. The number of rotatable bonds is 5. The Kier molecular flexibility index (Phi) is 6.06. The molecule has 196 valence electrons. The molecule has 2 N–H and O–H groups in total. The molecular formula is C27H21F3N2O5S. The average Bonchev–Trinajstić information content (AvgIpc) is 3.14. The first-order valence-electron chi connectivity index (χ1n) is 11.4. The number of carboxylic acids is 1. The zero-order valence-corrected chi connectivity index (χ0v) is 21.2. The summed E-state index contributed by atoms with van der Waals surface area (Å²) >= 11 is 0. The summed E-state index contributed by atoms with van der Waals surface area (Å²) in [7, 11) is -2.01. The van der Waals surface area contributed by atoms with E-state index < -0.39 is 34.5 Å². The van der Waals surface area contributed by atoms with E-state index in [0.717, 1.165) is 6.07 Å². The number of hydrogen-bond acceptors (Lipinski definition) is 5. The maximum Gasteiger partial charge on any atom is 0.586 e. The van der Waals surface area contributed by atoms with E-state index >= 15 is 0 Å². The van der Waals surface area contributed by atoms with Gasteiger partial charge in [0.05, 0.1) is 21.7 Å². The number of fused-ring (bicyclic) bond motifs is 2. The molecule has 1 aliphatic heterocycles. The van der Waals surface area contributed by atoms with Gasteiger partial charge in [0.1, 0.15) is 16.8 Å². The van der Waals surface area contributed by atoms with Crippen molar-refractivity contribution in [3.63, 3.8) is 0 Å². The molecule has 1 unspecified atom stereocenters. The van der Waals surface area contributed by atoms with Crippen molar-refractivity contribution in [1.82, 2.24) is 4.98 Å². The molecule has 11 heteroatoms. The van der Waals surface area contributed by atoms with E-state index in [9.17, 15) is 27.3 Å². The van der Waals surface area contributed by atoms with E-state index in [0.29, 0.717) is 16.5 Å². The second-order valence-electron chi connectivity index (χ2n) is 9.64. The highest BCUT2D eigenvalue weighted by Gasteiger charge is 2.44. The second kappa shape index (κ2) is 9.02. The van der Waals surface area contributed by atoms with Gasteiger partial charge in [-0.1, -0.05) is 39.0 Å². The standard InChI is InChI=1S/C27H21F3N2O5S/c1-26(2,3)19-9-6-14(11-20(19)28)38(35)32-21-13-23-22(36-27(29,30)37-23)12-18(21)15-7-8-17(25(33)34)24-16(15)5-4-10-31-24/h4-13,32H,1-3H3,(H,33,34). The summed E-state index contributed by atoms with van der Waals surface area (Å²) in [6, 6.07) is 12.8. The van der Waals surface area contributed by atoms with Crippen molar-refractivity contribution in [2.45, 2.75) is 37.4 Å². The van der Waals surface area contributed by atoms with Gasteiger partial charge < -0.3 is 19.3 Å². The molecule has 0 spiro atoms. The smallest absolute Gasteiger partial charge is 0.478 e. The van der Waals surface area contributed by atoms with Crippen LogP contribution in [0, 0.1) is 5.82 Å². The molecule has 1 atom stereocenters. The predicted octanol–water partition coefficient (Wildman–Crippen LogP) is 6.49. The molecule has 2 heterocycles. The molecule has 1 aliphatic rings. The van der Waals surface area contributed by atoms with E-state index in [4.69, 9.17) is 0 Å². The van der Waals surface area contributed by atoms with Gasteiger partial charge in [0.25, 0.3) is 0 Å². The van der Waals surface area contributed by atoms with Crippen LogP contribution < -0.4 is 14.2 Å². The third-order valence-corrected chi connectivity index (χ3v) is 7.08. The summed E-state index contributed by atoms with van der Waals surface area (Å²) in [6.45, 7) is 5.55. The Morgan fingerprint density at radius 1 is 1.03 bits per heavy atom. The van der Waals surface area contributed by atoms with Crippen LogP contribution in [-0.2, 0) is 16.4 Å². The van der Waals surface area contributed by atoms with Crippen LogP contribution in [0.1, 0.15) is 36.7 Å². The topological polar surface area (TPSA) is 97.8 Å². The number of alkyl halides is 2. The predicted molar refractivity (Wildman–Crippen MR) is 135 cm³/mol. The zero-order chi connectivity index (χ0) is 27.4. The normalized spacial score (nSPS) is 14.9. The van der Waals surface area contributed by atoms with Gasteiger partial charge >= 0.3 is 12.3 Å². The summed E-state index contributed by atoms with van der Waals surface area (Å²) in [5.74, 6) is -2.28. The van der Waals surface area contributed by atoms with Gasteiger partial charge in [0.15, 0.2) is 11.5 Å². The maximum atomic E-state index is 14.8. The minimum absolute atomic E-state index is 0.0517. The molecule has 3 aromatic carbocycles. The lowest BCUT2D eigenvalue weighted by molar-refractivity contribution is -0.286. The number of carboxylic acid groups (broad SMARTS) is 1. The summed E-state index contributed by atoms with van der Waals surface area (Å²) in [6.07, 6.45) is -2.47. The quantitative estimate of drug-likeness (QED) is 0.299. The van der Waals surface area contributed by atoms with E-state index in [1.807, 2.05) is 20.8 Å². The Morgan fingerprint density at radius 2 is 1.74 bits per heavy atom. The Bertz CT molecular complexity index is 1640. The molecule has 7 nitrogen and oxygen atoms in total. The van der Waals surface area contributed by atoms with E-state index in [-0.39, 0.29) is 38.7 Å². The Hall–Kier alpha value is -4.12. The highest BCUT2D eigenvalue weighted by atomic mass is 32.2. The van der Waals surface area contributed by atoms with Crippen molar-refractivity contribution < 1.29 is 36.8 Å². The summed E-state index contributed by atoms with van der Waals surface area (Å²) in [5.41, 5.74) is 0.883.